The fraction of sp³-hybridized carbons (Fsp3) is 0.429. The summed E-state index contributed by atoms with van der Waals surface area (Å²) in [7, 11) is 2.08. The summed E-state index contributed by atoms with van der Waals surface area (Å²) in [5, 5.41) is 3.21. The molecule has 108 valence electrons. The molecule has 6 heteroatoms. The summed E-state index contributed by atoms with van der Waals surface area (Å²) in [5.74, 6) is -1.08. The molecule has 2 N–H and O–H groups in total. The van der Waals surface area contributed by atoms with Gasteiger partial charge in [-0.1, -0.05) is 17.7 Å². The van der Waals surface area contributed by atoms with Crippen LogP contribution in [-0.2, 0) is 9.59 Å². The number of nitrogens with zero attached hydrogens (tertiary/aromatic N) is 1. The van der Waals surface area contributed by atoms with Gasteiger partial charge in [0.15, 0.2) is 0 Å². The van der Waals surface area contributed by atoms with Crippen LogP contribution in [0.25, 0.3) is 0 Å². The van der Waals surface area contributed by atoms with Gasteiger partial charge in [0.2, 0.25) is 0 Å². The molecule has 1 aliphatic rings. The zero-order chi connectivity index (χ0) is 14.7. The fourth-order valence-corrected chi connectivity index (χ4v) is 2.33. The van der Waals surface area contributed by atoms with Gasteiger partial charge in [-0.05, 0) is 24.6 Å². The van der Waals surface area contributed by atoms with E-state index in [9.17, 15) is 9.59 Å². The molecule has 0 bridgehead atoms. The van der Waals surface area contributed by atoms with Gasteiger partial charge in [0.1, 0.15) is 0 Å². The van der Waals surface area contributed by atoms with Gasteiger partial charge in [-0.15, -0.1) is 0 Å². The van der Waals surface area contributed by atoms with Crippen LogP contribution in [0.3, 0.4) is 0 Å². The van der Waals surface area contributed by atoms with Gasteiger partial charge in [-0.25, -0.2) is 0 Å². The first kappa shape index (κ1) is 14.8. The number of benzene rings is 1. The lowest BCUT2D eigenvalue weighted by Gasteiger charge is -2.29. The number of quaternary nitrogens is 1. The number of piperazine rings is 1. The van der Waals surface area contributed by atoms with Crippen molar-refractivity contribution < 1.29 is 14.5 Å². The number of likely N-dealkylation sites (N-methyl/N-ethyl adjacent to an activating group) is 1. The molecule has 2 rings (SSSR count). The third kappa shape index (κ3) is 3.29. The molecule has 0 saturated carbocycles. The van der Waals surface area contributed by atoms with E-state index < -0.39 is 11.8 Å². The Morgan fingerprint density at radius 3 is 2.60 bits per heavy atom. The lowest BCUT2D eigenvalue weighted by Crippen LogP contribution is -3.12. The highest BCUT2D eigenvalue weighted by atomic mass is 35.5. The number of hydrogen-bond donors (Lipinski definition) is 2. The van der Waals surface area contributed by atoms with Crippen LogP contribution in [0.2, 0.25) is 5.02 Å². The minimum absolute atomic E-state index is 0.475. The normalized spacial score (nSPS) is 16.1. The van der Waals surface area contributed by atoms with Crippen molar-refractivity contribution in [1.29, 1.82) is 0 Å². The first-order valence-electron chi connectivity index (χ1n) is 6.65. The monoisotopic (exact) mass is 296 g/mol. The lowest BCUT2D eigenvalue weighted by molar-refractivity contribution is -0.883. The SMILES string of the molecule is Cc1c(Cl)cccc1NC(=O)C(=O)N1CC[NH+](C)CC1. The van der Waals surface area contributed by atoms with Gasteiger partial charge < -0.3 is 15.1 Å². The first-order chi connectivity index (χ1) is 9.49. The highest BCUT2D eigenvalue weighted by Crippen LogP contribution is 2.22. The van der Waals surface area contributed by atoms with E-state index in [0.29, 0.717) is 23.8 Å². The minimum atomic E-state index is -0.602. The summed E-state index contributed by atoms with van der Waals surface area (Å²) in [5.41, 5.74) is 1.34. The average molecular weight is 297 g/mol. The van der Waals surface area contributed by atoms with Crippen molar-refractivity contribution in [3.8, 4) is 0 Å². The predicted octanol–water partition coefficient (Wildman–Crippen LogP) is -0.0562. The number of rotatable bonds is 1. The Labute approximate surface area is 123 Å². The molecular weight excluding hydrogens is 278 g/mol. The minimum Gasteiger partial charge on any atom is -0.334 e. The van der Waals surface area contributed by atoms with E-state index >= 15 is 0 Å². The molecule has 1 aromatic carbocycles. The topological polar surface area (TPSA) is 53.9 Å². The third-order valence-corrected chi connectivity index (χ3v) is 4.02. The number of nitrogens with one attached hydrogen (secondary N) is 2. The third-order valence-electron chi connectivity index (χ3n) is 3.61. The van der Waals surface area contributed by atoms with Crippen LogP contribution in [0.1, 0.15) is 5.56 Å². The second-order valence-corrected chi connectivity index (χ2v) is 5.52. The van der Waals surface area contributed by atoms with Crippen LogP contribution < -0.4 is 10.2 Å². The number of carbonyl (C=O) groups is 2. The summed E-state index contributed by atoms with van der Waals surface area (Å²) in [6.07, 6.45) is 0. The van der Waals surface area contributed by atoms with E-state index in [1.165, 1.54) is 4.90 Å². The van der Waals surface area contributed by atoms with Gasteiger partial charge in [-0.2, -0.15) is 0 Å². The second-order valence-electron chi connectivity index (χ2n) is 5.12. The summed E-state index contributed by atoms with van der Waals surface area (Å²) in [4.78, 5) is 27.1. The smallest absolute Gasteiger partial charge is 0.313 e. The van der Waals surface area contributed by atoms with Gasteiger partial charge in [0.25, 0.3) is 0 Å². The molecule has 1 aliphatic heterocycles. The Hall–Kier alpha value is -1.59. The molecule has 2 amide bonds. The zero-order valence-corrected chi connectivity index (χ0v) is 12.5. The highest BCUT2D eigenvalue weighted by Gasteiger charge is 2.26. The number of halogens is 1. The van der Waals surface area contributed by atoms with E-state index in [-0.39, 0.29) is 0 Å². The van der Waals surface area contributed by atoms with Crippen molar-refractivity contribution in [3.05, 3.63) is 28.8 Å². The highest BCUT2D eigenvalue weighted by molar-refractivity contribution is 6.40. The Bertz CT molecular complexity index is 525. The molecule has 0 aromatic heterocycles. The van der Waals surface area contributed by atoms with E-state index in [1.54, 1.807) is 23.1 Å². The van der Waals surface area contributed by atoms with E-state index in [1.807, 2.05) is 6.92 Å². The quantitative estimate of drug-likeness (QED) is 0.714. The van der Waals surface area contributed by atoms with Crippen LogP contribution in [-0.4, -0.2) is 49.9 Å². The number of amides is 2. The van der Waals surface area contributed by atoms with Crippen molar-refractivity contribution in [3.63, 3.8) is 0 Å². The summed E-state index contributed by atoms with van der Waals surface area (Å²) in [6, 6.07) is 5.23. The van der Waals surface area contributed by atoms with Crippen molar-refractivity contribution in [2.75, 3.05) is 38.5 Å². The van der Waals surface area contributed by atoms with E-state index in [4.69, 9.17) is 11.6 Å². The van der Waals surface area contributed by atoms with Gasteiger partial charge in [0, 0.05) is 10.7 Å². The first-order valence-corrected chi connectivity index (χ1v) is 7.03. The zero-order valence-electron chi connectivity index (χ0n) is 11.7. The van der Waals surface area contributed by atoms with Crippen LogP contribution in [0, 0.1) is 6.92 Å². The Balaban J connectivity index is 2.01. The molecule has 0 radical (unpaired) electrons. The van der Waals surface area contributed by atoms with E-state index in [2.05, 4.69) is 12.4 Å². The maximum Gasteiger partial charge on any atom is 0.313 e. The van der Waals surface area contributed by atoms with Gasteiger partial charge in [0.05, 0.1) is 33.2 Å². The lowest BCUT2D eigenvalue weighted by atomic mass is 10.2. The number of hydrogen-bond acceptors (Lipinski definition) is 2. The molecule has 1 saturated heterocycles. The predicted molar refractivity (Wildman–Crippen MR) is 78.0 cm³/mol. The van der Waals surface area contributed by atoms with Crippen LogP contribution in [0.5, 0.6) is 0 Å². The van der Waals surface area contributed by atoms with Crippen LogP contribution in [0.4, 0.5) is 5.69 Å². The summed E-state index contributed by atoms with van der Waals surface area (Å²) >= 11 is 5.99. The maximum atomic E-state index is 12.1. The molecule has 0 unspecified atom stereocenters. The molecule has 1 heterocycles. The Morgan fingerprint density at radius 2 is 1.95 bits per heavy atom. The number of carbonyl (C=O) groups excluding carboxylic acids is 2. The number of anilines is 1. The maximum absolute atomic E-state index is 12.1. The molecule has 1 fully saturated rings. The summed E-state index contributed by atoms with van der Waals surface area (Å²) in [6.45, 7) is 4.78. The molecule has 0 spiro atoms. The standard InChI is InChI=1S/C14H18ClN3O2/c1-10-11(15)4-3-5-12(10)16-13(19)14(20)18-8-6-17(2)7-9-18/h3-5H,6-9H2,1-2H3,(H,16,19)/p+1. The van der Waals surface area contributed by atoms with Crippen molar-refractivity contribution >= 4 is 29.1 Å². The van der Waals surface area contributed by atoms with Crippen LogP contribution >= 0.6 is 11.6 Å². The van der Waals surface area contributed by atoms with Crippen molar-refractivity contribution in [2.24, 2.45) is 0 Å². The molecule has 1 aromatic rings. The molecule has 5 nitrogen and oxygen atoms in total. The average Bonchev–Trinajstić information content (AvgIpc) is 2.44. The van der Waals surface area contributed by atoms with E-state index in [0.717, 1.165) is 18.7 Å². The Morgan fingerprint density at radius 1 is 1.30 bits per heavy atom. The van der Waals surface area contributed by atoms with Crippen LogP contribution in [0.15, 0.2) is 18.2 Å². The molecule has 0 atom stereocenters. The molecular formula is C14H19ClN3O2+. The second kappa shape index (κ2) is 6.24. The van der Waals surface area contributed by atoms with Gasteiger partial charge in [-0.3, -0.25) is 9.59 Å². The largest absolute Gasteiger partial charge is 0.334 e. The molecule has 20 heavy (non-hydrogen) atoms. The molecule has 0 aliphatic carbocycles. The van der Waals surface area contributed by atoms with Gasteiger partial charge >= 0.3 is 11.8 Å². The van der Waals surface area contributed by atoms with Crippen molar-refractivity contribution in [2.45, 2.75) is 6.92 Å². The van der Waals surface area contributed by atoms with Crippen molar-refractivity contribution in [1.82, 2.24) is 4.90 Å². The summed E-state index contributed by atoms with van der Waals surface area (Å²) < 4.78 is 0. The Kier molecular flexibility index (Phi) is 4.62. The fourth-order valence-electron chi connectivity index (χ4n) is 2.15.